The van der Waals surface area contributed by atoms with Gasteiger partial charge in [0.1, 0.15) is 5.82 Å². The first-order valence-electron chi connectivity index (χ1n) is 12.9. The van der Waals surface area contributed by atoms with E-state index in [0.717, 1.165) is 75.1 Å². The van der Waals surface area contributed by atoms with Crippen LogP contribution in [0.15, 0.2) is 42.6 Å². The maximum absolute atomic E-state index is 12.8. The van der Waals surface area contributed by atoms with Gasteiger partial charge in [0, 0.05) is 36.8 Å². The predicted molar refractivity (Wildman–Crippen MR) is 134 cm³/mol. The van der Waals surface area contributed by atoms with E-state index in [1.165, 1.54) is 12.1 Å². The second-order valence-corrected chi connectivity index (χ2v) is 10.1. The minimum absolute atomic E-state index is 0.212. The number of pyridine rings is 1. The lowest BCUT2D eigenvalue weighted by molar-refractivity contribution is -0.139. The molecule has 0 spiro atoms. The van der Waals surface area contributed by atoms with Crippen LogP contribution in [0.4, 0.5) is 19.0 Å². The van der Waals surface area contributed by atoms with Crippen molar-refractivity contribution in [1.29, 1.82) is 0 Å². The lowest BCUT2D eigenvalue weighted by Crippen LogP contribution is -2.39. The molecule has 1 aliphatic heterocycles. The largest absolute Gasteiger partial charge is 0.481 e. The monoisotopic (exact) mass is 529 g/mol. The third-order valence-electron chi connectivity index (χ3n) is 7.40. The van der Waals surface area contributed by atoms with Gasteiger partial charge in [-0.1, -0.05) is 12.1 Å². The molecule has 2 aromatic heterocycles. The van der Waals surface area contributed by atoms with Crippen LogP contribution in [0.5, 0.6) is 0 Å². The standard InChI is InChI=1S/C27H30F3N5O3/c28-27(29,30)20-6-3-18(4-7-20)25-32-26(34-33-25)19-5-10-23(31-16-19)35-13-11-22(12-14-35)38-21-8-1-17(2-9-21)15-24(36)37/h3-7,10,16-17,21-22H,1-2,8-9,11-15H2,(H,36,37)(H,32,33,34)/t17-,21-. The molecule has 38 heavy (non-hydrogen) atoms. The number of hydrogen-bond acceptors (Lipinski definition) is 6. The number of rotatable bonds is 7. The van der Waals surface area contributed by atoms with Crippen molar-refractivity contribution < 1.29 is 27.8 Å². The van der Waals surface area contributed by atoms with E-state index in [2.05, 4.69) is 25.1 Å². The zero-order valence-electron chi connectivity index (χ0n) is 20.8. The van der Waals surface area contributed by atoms with Crippen molar-refractivity contribution in [3.63, 3.8) is 0 Å². The van der Waals surface area contributed by atoms with Crippen LogP contribution in [-0.2, 0) is 15.7 Å². The zero-order chi connectivity index (χ0) is 26.7. The van der Waals surface area contributed by atoms with E-state index >= 15 is 0 Å². The molecule has 0 bridgehead atoms. The number of ether oxygens (including phenoxy) is 1. The Morgan fingerprint density at radius 1 is 0.921 bits per heavy atom. The first kappa shape index (κ1) is 26.1. The molecule has 2 fully saturated rings. The fourth-order valence-corrected chi connectivity index (χ4v) is 5.26. The Morgan fingerprint density at radius 2 is 1.53 bits per heavy atom. The van der Waals surface area contributed by atoms with Crippen molar-refractivity contribution in [2.75, 3.05) is 18.0 Å². The number of carboxylic acids is 1. The number of hydrogen-bond donors (Lipinski definition) is 2. The van der Waals surface area contributed by atoms with Crippen LogP contribution in [0.2, 0.25) is 0 Å². The molecule has 8 nitrogen and oxygen atoms in total. The van der Waals surface area contributed by atoms with Crippen LogP contribution in [-0.4, -0.2) is 56.5 Å². The highest BCUT2D eigenvalue weighted by Gasteiger charge is 2.30. The molecule has 0 atom stereocenters. The van der Waals surface area contributed by atoms with E-state index < -0.39 is 17.7 Å². The van der Waals surface area contributed by atoms with Gasteiger partial charge in [0.05, 0.1) is 17.8 Å². The van der Waals surface area contributed by atoms with Gasteiger partial charge < -0.3 is 19.7 Å². The van der Waals surface area contributed by atoms with Crippen LogP contribution in [0.1, 0.15) is 50.5 Å². The van der Waals surface area contributed by atoms with Gasteiger partial charge in [-0.2, -0.15) is 13.2 Å². The summed E-state index contributed by atoms with van der Waals surface area (Å²) in [6.07, 6.45) is 3.56. The number of carboxylic acid groups (broad SMARTS) is 1. The van der Waals surface area contributed by atoms with Gasteiger partial charge in [0.25, 0.3) is 0 Å². The Kier molecular flexibility index (Phi) is 7.64. The molecule has 2 N–H and O–H groups in total. The summed E-state index contributed by atoms with van der Waals surface area (Å²) in [4.78, 5) is 20.8. The molecule has 1 aromatic carbocycles. The Labute approximate surface area is 218 Å². The number of benzene rings is 1. The summed E-state index contributed by atoms with van der Waals surface area (Å²) in [5, 5.41) is 17.2. The molecular formula is C27H30F3N5O3. The summed E-state index contributed by atoms with van der Waals surface area (Å²) in [6, 6.07) is 8.61. The number of aliphatic carboxylic acids is 1. The maximum atomic E-state index is 12.8. The van der Waals surface area contributed by atoms with Crippen LogP contribution >= 0.6 is 0 Å². The van der Waals surface area contributed by atoms with Crippen molar-refractivity contribution in [2.45, 2.75) is 63.3 Å². The van der Waals surface area contributed by atoms with Crippen LogP contribution < -0.4 is 4.90 Å². The minimum atomic E-state index is -4.38. The molecule has 202 valence electrons. The molecule has 3 aromatic rings. The minimum Gasteiger partial charge on any atom is -0.481 e. The molecule has 2 aliphatic rings. The van der Waals surface area contributed by atoms with Crippen molar-refractivity contribution in [1.82, 2.24) is 20.2 Å². The summed E-state index contributed by atoms with van der Waals surface area (Å²) >= 11 is 0. The third-order valence-corrected chi connectivity index (χ3v) is 7.40. The molecule has 3 heterocycles. The molecule has 1 saturated heterocycles. The fourth-order valence-electron chi connectivity index (χ4n) is 5.26. The summed E-state index contributed by atoms with van der Waals surface area (Å²) in [5.41, 5.74) is 0.535. The smallest absolute Gasteiger partial charge is 0.416 e. The number of nitrogens with one attached hydrogen (secondary N) is 1. The SMILES string of the molecule is O=C(O)C[C@H]1CC[C@H](OC2CCN(c3ccc(-c4nnc(-c5ccc(C(F)(F)F)cc5)[nH]4)cn3)CC2)CC1. The number of anilines is 1. The fraction of sp³-hybridized carbons (Fsp3) is 0.481. The van der Waals surface area contributed by atoms with Crippen LogP contribution in [0, 0.1) is 5.92 Å². The Hall–Kier alpha value is -3.47. The lowest BCUT2D eigenvalue weighted by Gasteiger charge is -2.36. The number of piperidine rings is 1. The topological polar surface area (TPSA) is 104 Å². The number of halogens is 3. The van der Waals surface area contributed by atoms with Gasteiger partial charge in [-0.25, -0.2) is 4.98 Å². The average molecular weight is 530 g/mol. The van der Waals surface area contributed by atoms with Crippen LogP contribution in [0.3, 0.4) is 0 Å². The van der Waals surface area contributed by atoms with Crippen molar-refractivity contribution >= 4 is 11.8 Å². The molecule has 0 amide bonds. The molecule has 1 aliphatic carbocycles. The van der Waals surface area contributed by atoms with Gasteiger partial charge >= 0.3 is 12.1 Å². The Morgan fingerprint density at radius 3 is 2.11 bits per heavy atom. The molecule has 0 unspecified atom stereocenters. The van der Waals surface area contributed by atoms with E-state index in [9.17, 15) is 18.0 Å². The van der Waals surface area contributed by atoms with Gasteiger partial charge in [0.15, 0.2) is 11.6 Å². The molecular weight excluding hydrogens is 499 g/mol. The van der Waals surface area contributed by atoms with E-state index in [-0.39, 0.29) is 24.5 Å². The van der Waals surface area contributed by atoms with E-state index in [1.54, 1.807) is 6.20 Å². The summed E-state index contributed by atoms with van der Waals surface area (Å²) in [5.74, 6) is 1.30. The highest BCUT2D eigenvalue weighted by molar-refractivity contribution is 5.67. The average Bonchev–Trinajstić information content (AvgIpc) is 3.40. The first-order valence-corrected chi connectivity index (χ1v) is 12.9. The van der Waals surface area contributed by atoms with E-state index in [0.29, 0.717) is 17.2 Å². The summed E-state index contributed by atoms with van der Waals surface area (Å²) in [6.45, 7) is 1.68. The quantitative estimate of drug-likeness (QED) is 0.412. The van der Waals surface area contributed by atoms with Gasteiger partial charge in [-0.05, 0) is 68.7 Å². The molecule has 5 rings (SSSR count). The third kappa shape index (κ3) is 6.32. The van der Waals surface area contributed by atoms with E-state index in [4.69, 9.17) is 9.84 Å². The van der Waals surface area contributed by atoms with Gasteiger partial charge in [0.2, 0.25) is 0 Å². The zero-order valence-corrected chi connectivity index (χ0v) is 20.8. The predicted octanol–water partition coefficient (Wildman–Crippen LogP) is 5.57. The lowest BCUT2D eigenvalue weighted by atomic mass is 9.85. The molecule has 0 radical (unpaired) electrons. The van der Waals surface area contributed by atoms with Crippen molar-refractivity contribution in [3.8, 4) is 22.8 Å². The Bertz CT molecular complexity index is 1210. The van der Waals surface area contributed by atoms with E-state index in [1.807, 2.05) is 12.1 Å². The van der Waals surface area contributed by atoms with Crippen molar-refractivity contribution in [3.05, 3.63) is 48.2 Å². The molecule has 11 heteroatoms. The number of aromatic amines is 1. The summed E-state index contributed by atoms with van der Waals surface area (Å²) < 4.78 is 44.8. The number of aromatic nitrogens is 4. The number of H-pyrrole nitrogens is 1. The molecule has 1 saturated carbocycles. The van der Waals surface area contributed by atoms with Crippen LogP contribution in [0.25, 0.3) is 22.8 Å². The normalized spacial score (nSPS) is 21.0. The first-order chi connectivity index (χ1) is 18.2. The van der Waals surface area contributed by atoms with Gasteiger partial charge in [-0.15, -0.1) is 10.2 Å². The maximum Gasteiger partial charge on any atom is 0.416 e. The van der Waals surface area contributed by atoms with Gasteiger partial charge in [-0.3, -0.25) is 4.79 Å². The van der Waals surface area contributed by atoms with Crippen molar-refractivity contribution in [2.24, 2.45) is 5.92 Å². The number of alkyl halides is 3. The highest BCUT2D eigenvalue weighted by Crippen LogP contribution is 2.32. The second-order valence-electron chi connectivity index (χ2n) is 10.1. The summed E-state index contributed by atoms with van der Waals surface area (Å²) in [7, 11) is 0. The number of nitrogens with zero attached hydrogens (tertiary/aromatic N) is 4. The second kappa shape index (κ2) is 11.1. The number of carbonyl (C=O) groups is 1. The highest BCUT2D eigenvalue weighted by atomic mass is 19.4. The Balaban J connectivity index is 1.12.